The molecule has 0 aromatic heterocycles. The van der Waals surface area contributed by atoms with Crippen LogP contribution in [0.3, 0.4) is 0 Å². The molecule has 1 spiro atoms. The fraction of sp³-hybridized carbons (Fsp3) is 1.00. The molecule has 2 heteroatoms. The molecule has 1 saturated heterocycles. The lowest BCUT2D eigenvalue weighted by Crippen LogP contribution is -2.47. The third-order valence-electron chi connectivity index (χ3n) is 6.43. The first-order valence-corrected chi connectivity index (χ1v) is 9.09. The Morgan fingerprint density at radius 2 is 1.75 bits per heavy atom. The Morgan fingerprint density at radius 3 is 2.30 bits per heavy atom. The molecule has 2 nitrogen and oxygen atoms in total. The van der Waals surface area contributed by atoms with E-state index in [1.165, 1.54) is 84.0 Å². The van der Waals surface area contributed by atoms with Crippen LogP contribution < -0.4 is 5.32 Å². The number of nitrogens with one attached hydrogen (secondary N) is 1. The van der Waals surface area contributed by atoms with Crippen LogP contribution in [0.2, 0.25) is 0 Å². The van der Waals surface area contributed by atoms with Crippen LogP contribution in [0.4, 0.5) is 0 Å². The second-order valence-corrected chi connectivity index (χ2v) is 8.30. The van der Waals surface area contributed by atoms with E-state index < -0.39 is 0 Å². The quantitative estimate of drug-likeness (QED) is 0.795. The molecule has 1 atom stereocenters. The van der Waals surface area contributed by atoms with Crippen molar-refractivity contribution in [3.63, 3.8) is 0 Å². The SMILES string of the molecule is CCC(C)(CNC1CC1)CN1CCC2(CCCC2)CC1. The number of nitrogens with zero attached hydrogens (tertiary/aromatic N) is 1. The van der Waals surface area contributed by atoms with Crippen molar-refractivity contribution in [1.82, 2.24) is 10.2 Å². The summed E-state index contributed by atoms with van der Waals surface area (Å²) in [6, 6.07) is 0.851. The molecular weight excluding hydrogens is 244 g/mol. The summed E-state index contributed by atoms with van der Waals surface area (Å²) >= 11 is 0. The number of hydrogen-bond acceptors (Lipinski definition) is 2. The van der Waals surface area contributed by atoms with Crippen LogP contribution in [0, 0.1) is 10.8 Å². The molecule has 3 fully saturated rings. The molecule has 1 aliphatic heterocycles. The summed E-state index contributed by atoms with van der Waals surface area (Å²) in [6.45, 7) is 10.1. The Bertz CT molecular complexity index is 307. The molecule has 0 aromatic carbocycles. The van der Waals surface area contributed by atoms with Gasteiger partial charge in [0, 0.05) is 19.1 Å². The van der Waals surface area contributed by atoms with Crippen LogP contribution in [0.5, 0.6) is 0 Å². The van der Waals surface area contributed by atoms with Crippen molar-refractivity contribution >= 4 is 0 Å². The Labute approximate surface area is 125 Å². The lowest BCUT2D eigenvalue weighted by molar-refractivity contribution is 0.0711. The molecule has 0 amide bonds. The maximum Gasteiger partial charge on any atom is 0.00684 e. The first kappa shape index (κ1) is 14.8. The summed E-state index contributed by atoms with van der Waals surface area (Å²) in [7, 11) is 0. The molecule has 116 valence electrons. The van der Waals surface area contributed by atoms with Crippen molar-refractivity contribution in [2.45, 2.75) is 77.7 Å². The summed E-state index contributed by atoms with van der Waals surface area (Å²) in [5, 5.41) is 3.76. The van der Waals surface area contributed by atoms with Gasteiger partial charge in [0.05, 0.1) is 0 Å². The smallest absolute Gasteiger partial charge is 0.00684 e. The van der Waals surface area contributed by atoms with Gasteiger partial charge in [-0.2, -0.15) is 0 Å². The van der Waals surface area contributed by atoms with E-state index in [0.717, 1.165) is 11.5 Å². The molecular formula is C18H34N2. The van der Waals surface area contributed by atoms with Crippen molar-refractivity contribution in [3.05, 3.63) is 0 Å². The van der Waals surface area contributed by atoms with Crippen LogP contribution >= 0.6 is 0 Å². The third kappa shape index (κ3) is 3.57. The Balaban J connectivity index is 1.46. The number of piperidine rings is 1. The average Bonchev–Trinajstić information content (AvgIpc) is 3.20. The fourth-order valence-electron chi connectivity index (χ4n) is 4.32. The molecule has 1 heterocycles. The molecule has 2 saturated carbocycles. The predicted octanol–water partition coefficient (Wildman–Crippen LogP) is 3.81. The highest BCUT2D eigenvalue weighted by Gasteiger charge is 2.38. The van der Waals surface area contributed by atoms with Gasteiger partial charge in [0.15, 0.2) is 0 Å². The maximum atomic E-state index is 3.76. The average molecular weight is 278 g/mol. The summed E-state index contributed by atoms with van der Waals surface area (Å²) in [5.41, 5.74) is 1.24. The van der Waals surface area contributed by atoms with Gasteiger partial charge in [-0.15, -0.1) is 0 Å². The van der Waals surface area contributed by atoms with Gasteiger partial charge in [0.2, 0.25) is 0 Å². The van der Waals surface area contributed by atoms with Gasteiger partial charge in [-0.1, -0.05) is 26.7 Å². The number of hydrogen-bond donors (Lipinski definition) is 1. The van der Waals surface area contributed by atoms with Crippen molar-refractivity contribution in [3.8, 4) is 0 Å². The van der Waals surface area contributed by atoms with Crippen molar-refractivity contribution in [1.29, 1.82) is 0 Å². The number of likely N-dealkylation sites (tertiary alicyclic amines) is 1. The monoisotopic (exact) mass is 278 g/mol. The molecule has 20 heavy (non-hydrogen) atoms. The van der Waals surface area contributed by atoms with E-state index in [1.54, 1.807) is 0 Å². The van der Waals surface area contributed by atoms with Gasteiger partial charge >= 0.3 is 0 Å². The first-order chi connectivity index (χ1) is 9.63. The van der Waals surface area contributed by atoms with Crippen LogP contribution in [0.25, 0.3) is 0 Å². The van der Waals surface area contributed by atoms with Crippen LogP contribution in [0.1, 0.15) is 71.6 Å². The van der Waals surface area contributed by atoms with Crippen LogP contribution in [0.15, 0.2) is 0 Å². The van der Waals surface area contributed by atoms with Gasteiger partial charge < -0.3 is 10.2 Å². The minimum absolute atomic E-state index is 0.475. The van der Waals surface area contributed by atoms with Gasteiger partial charge in [-0.05, 0) is 68.9 Å². The van der Waals surface area contributed by atoms with Gasteiger partial charge in [-0.25, -0.2) is 0 Å². The Hall–Kier alpha value is -0.0800. The predicted molar refractivity (Wildman–Crippen MR) is 86.0 cm³/mol. The topological polar surface area (TPSA) is 15.3 Å². The minimum atomic E-state index is 0.475. The molecule has 1 N–H and O–H groups in total. The Morgan fingerprint density at radius 1 is 1.10 bits per heavy atom. The molecule has 0 radical (unpaired) electrons. The number of rotatable bonds is 6. The van der Waals surface area contributed by atoms with Crippen molar-refractivity contribution in [2.75, 3.05) is 26.2 Å². The lowest BCUT2D eigenvalue weighted by atomic mass is 9.76. The second-order valence-electron chi connectivity index (χ2n) is 8.30. The van der Waals surface area contributed by atoms with Crippen LogP contribution in [-0.4, -0.2) is 37.1 Å². The van der Waals surface area contributed by atoms with E-state index in [9.17, 15) is 0 Å². The maximum absolute atomic E-state index is 3.76. The summed E-state index contributed by atoms with van der Waals surface area (Å²) in [4.78, 5) is 2.77. The molecule has 0 bridgehead atoms. The standard InChI is InChI=1S/C18H34N2/c1-3-17(2,14-19-16-6-7-16)15-20-12-10-18(11-13-20)8-4-5-9-18/h16,19H,3-15H2,1-2H3. The van der Waals surface area contributed by atoms with Crippen LogP contribution in [-0.2, 0) is 0 Å². The van der Waals surface area contributed by atoms with E-state index >= 15 is 0 Å². The summed E-state index contributed by atoms with van der Waals surface area (Å²) in [6.07, 6.45) is 13.1. The zero-order valence-electron chi connectivity index (χ0n) is 13.7. The fourth-order valence-corrected chi connectivity index (χ4v) is 4.32. The van der Waals surface area contributed by atoms with Gasteiger partial charge in [0.1, 0.15) is 0 Å². The Kier molecular flexibility index (Phi) is 4.42. The normalized spacial score (nSPS) is 29.7. The molecule has 0 aromatic rings. The van der Waals surface area contributed by atoms with E-state index in [0.29, 0.717) is 5.41 Å². The lowest BCUT2D eigenvalue weighted by Gasteiger charge is -2.43. The van der Waals surface area contributed by atoms with Gasteiger partial charge in [0.25, 0.3) is 0 Å². The van der Waals surface area contributed by atoms with E-state index in [4.69, 9.17) is 0 Å². The largest absolute Gasteiger partial charge is 0.313 e. The van der Waals surface area contributed by atoms with E-state index in [-0.39, 0.29) is 0 Å². The van der Waals surface area contributed by atoms with E-state index in [2.05, 4.69) is 24.1 Å². The highest BCUT2D eigenvalue weighted by molar-refractivity contribution is 4.92. The zero-order chi connectivity index (χ0) is 14.1. The second kappa shape index (κ2) is 5.96. The third-order valence-corrected chi connectivity index (χ3v) is 6.43. The zero-order valence-corrected chi connectivity index (χ0v) is 13.7. The summed E-state index contributed by atoms with van der Waals surface area (Å²) in [5.74, 6) is 0. The van der Waals surface area contributed by atoms with Crippen molar-refractivity contribution in [2.24, 2.45) is 10.8 Å². The minimum Gasteiger partial charge on any atom is -0.313 e. The summed E-state index contributed by atoms with van der Waals surface area (Å²) < 4.78 is 0. The van der Waals surface area contributed by atoms with Gasteiger partial charge in [-0.3, -0.25) is 0 Å². The highest BCUT2D eigenvalue weighted by Crippen LogP contribution is 2.46. The first-order valence-electron chi connectivity index (χ1n) is 9.09. The molecule has 3 aliphatic rings. The highest BCUT2D eigenvalue weighted by atomic mass is 15.1. The van der Waals surface area contributed by atoms with E-state index in [1.807, 2.05) is 0 Å². The van der Waals surface area contributed by atoms with Crippen molar-refractivity contribution < 1.29 is 0 Å². The molecule has 1 unspecified atom stereocenters. The molecule has 3 rings (SSSR count). The molecule has 2 aliphatic carbocycles.